The molecule has 0 saturated heterocycles. The molecule has 0 unspecified atom stereocenters. The van der Waals surface area contributed by atoms with Gasteiger partial charge in [-0.2, -0.15) is 0 Å². The van der Waals surface area contributed by atoms with Gasteiger partial charge in [-0.05, 0) is 60.5 Å². The van der Waals surface area contributed by atoms with Gasteiger partial charge in [-0.3, -0.25) is 4.79 Å². The van der Waals surface area contributed by atoms with E-state index in [9.17, 15) is 13.6 Å². The maximum absolute atomic E-state index is 12.9. The van der Waals surface area contributed by atoms with Gasteiger partial charge in [0.15, 0.2) is 0 Å². The van der Waals surface area contributed by atoms with Crippen molar-refractivity contribution < 1.29 is 13.6 Å². The second-order valence-electron chi connectivity index (χ2n) is 5.70. The van der Waals surface area contributed by atoms with Crippen LogP contribution < -0.4 is 10.6 Å². The van der Waals surface area contributed by atoms with Crippen molar-refractivity contribution in [1.29, 1.82) is 0 Å². The number of amides is 1. The highest BCUT2D eigenvalue weighted by atomic mass is 19.1. The molecule has 0 aliphatic rings. The van der Waals surface area contributed by atoms with Crippen molar-refractivity contribution in [1.82, 2.24) is 4.98 Å². The highest BCUT2D eigenvalue weighted by molar-refractivity contribution is 6.03. The van der Waals surface area contributed by atoms with E-state index < -0.39 is 5.82 Å². The number of hydrogen-bond acceptors (Lipinski definition) is 3. The van der Waals surface area contributed by atoms with Crippen LogP contribution in [0.3, 0.4) is 0 Å². The summed E-state index contributed by atoms with van der Waals surface area (Å²) < 4.78 is 25.7. The van der Waals surface area contributed by atoms with Gasteiger partial charge in [0.25, 0.3) is 5.91 Å². The molecule has 0 aliphatic heterocycles. The second-order valence-corrected chi connectivity index (χ2v) is 5.70. The van der Waals surface area contributed by atoms with Gasteiger partial charge in [0.1, 0.15) is 17.5 Å². The Labute approximate surface area is 149 Å². The molecule has 2 N–H and O–H groups in total. The van der Waals surface area contributed by atoms with Gasteiger partial charge in [0.05, 0.1) is 11.9 Å². The molecule has 1 aromatic heterocycles. The molecule has 0 aliphatic carbocycles. The lowest BCUT2D eigenvalue weighted by Crippen LogP contribution is -2.13. The first-order chi connectivity index (χ1) is 12.6. The average molecular weight is 353 g/mol. The first-order valence-electron chi connectivity index (χ1n) is 8.11. The van der Waals surface area contributed by atoms with E-state index >= 15 is 0 Å². The Balaban J connectivity index is 1.50. The summed E-state index contributed by atoms with van der Waals surface area (Å²) in [6, 6.07) is 15.2. The van der Waals surface area contributed by atoms with Gasteiger partial charge in [-0.1, -0.05) is 12.1 Å². The predicted octanol–water partition coefficient (Wildman–Crippen LogP) is 4.27. The van der Waals surface area contributed by atoms with Gasteiger partial charge >= 0.3 is 0 Å². The molecule has 0 atom stereocenters. The number of aromatic nitrogens is 1. The van der Waals surface area contributed by atoms with Gasteiger partial charge in [0, 0.05) is 12.1 Å². The molecule has 132 valence electrons. The molecular weight excluding hydrogens is 336 g/mol. The zero-order valence-corrected chi connectivity index (χ0v) is 13.9. The first-order valence-corrected chi connectivity index (χ1v) is 8.11. The number of carbonyl (C=O) groups excluding carboxylic acids is 1. The highest BCUT2D eigenvalue weighted by Crippen LogP contribution is 2.12. The molecule has 0 radical (unpaired) electrons. The van der Waals surface area contributed by atoms with Crippen molar-refractivity contribution >= 4 is 17.4 Å². The highest BCUT2D eigenvalue weighted by Gasteiger charge is 2.06. The molecule has 0 fully saturated rings. The van der Waals surface area contributed by atoms with Crippen molar-refractivity contribution in [2.75, 3.05) is 17.2 Å². The number of pyridine rings is 1. The molecule has 0 saturated carbocycles. The predicted molar refractivity (Wildman–Crippen MR) is 97.2 cm³/mol. The molecule has 0 spiro atoms. The number of halogens is 2. The zero-order valence-electron chi connectivity index (χ0n) is 13.9. The summed E-state index contributed by atoms with van der Waals surface area (Å²) in [5, 5.41) is 5.87. The Kier molecular flexibility index (Phi) is 5.53. The van der Waals surface area contributed by atoms with E-state index in [2.05, 4.69) is 15.6 Å². The number of anilines is 2. The Bertz CT molecular complexity index is 863. The lowest BCUT2D eigenvalue weighted by atomic mass is 10.1. The zero-order chi connectivity index (χ0) is 18.4. The fraction of sp³-hybridized carbons (Fsp3) is 0.100. The average Bonchev–Trinajstić information content (AvgIpc) is 2.65. The summed E-state index contributed by atoms with van der Waals surface area (Å²) in [7, 11) is 0. The number of rotatable bonds is 6. The lowest BCUT2D eigenvalue weighted by Gasteiger charge is -2.08. The van der Waals surface area contributed by atoms with Crippen LogP contribution in [0.4, 0.5) is 20.3 Å². The summed E-state index contributed by atoms with van der Waals surface area (Å²) in [5.74, 6) is -0.585. The van der Waals surface area contributed by atoms with Crippen LogP contribution in [0.15, 0.2) is 66.9 Å². The van der Waals surface area contributed by atoms with E-state index in [1.54, 1.807) is 30.5 Å². The first kappa shape index (κ1) is 17.5. The van der Waals surface area contributed by atoms with Gasteiger partial charge in [-0.25, -0.2) is 13.8 Å². The Morgan fingerprint density at radius 3 is 2.15 bits per heavy atom. The summed E-state index contributed by atoms with van der Waals surface area (Å²) in [5.41, 5.74) is 2.21. The number of nitrogens with one attached hydrogen (secondary N) is 2. The minimum atomic E-state index is -0.393. The van der Waals surface area contributed by atoms with Crippen LogP contribution in [0, 0.1) is 11.6 Å². The molecule has 0 bridgehead atoms. The van der Waals surface area contributed by atoms with Crippen molar-refractivity contribution in [3.63, 3.8) is 0 Å². The number of hydrogen-bond donors (Lipinski definition) is 2. The van der Waals surface area contributed by atoms with Crippen LogP contribution in [0.5, 0.6) is 0 Å². The molecule has 1 heterocycles. The third kappa shape index (κ3) is 4.86. The van der Waals surface area contributed by atoms with Crippen molar-refractivity contribution in [3.8, 4) is 0 Å². The fourth-order valence-corrected chi connectivity index (χ4v) is 2.36. The topological polar surface area (TPSA) is 54.0 Å². The summed E-state index contributed by atoms with van der Waals surface area (Å²) in [6.07, 6.45) is 2.37. The molecule has 3 aromatic rings. The number of carbonyl (C=O) groups is 1. The van der Waals surface area contributed by atoms with E-state index in [0.717, 1.165) is 17.7 Å². The molecular formula is C20H17F2N3O. The van der Waals surface area contributed by atoms with Crippen molar-refractivity contribution in [2.24, 2.45) is 0 Å². The molecule has 4 nitrogen and oxygen atoms in total. The van der Waals surface area contributed by atoms with Gasteiger partial charge < -0.3 is 10.6 Å². The third-order valence-corrected chi connectivity index (χ3v) is 3.77. The molecule has 3 rings (SSSR count). The van der Waals surface area contributed by atoms with Crippen LogP contribution in [-0.4, -0.2) is 17.4 Å². The Hall–Kier alpha value is -3.28. The Morgan fingerprint density at radius 2 is 1.54 bits per heavy atom. The van der Waals surface area contributed by atoms with Crippen molar-refractivity contribution in [3.05, 3.63) is 89.6 Å². The maximum atomic E-state index is 12.9. The standard InChI is InChI=1S/C20H17F2N3O/c21-16-5-1-14(2-6-16)11-12-23-18-9-10-19(24-13-18)25-20(26)15-3-7-17(22)8-4-15/h1-10,13,23H,11-12H2,(H,24,25,26). The number of nitrogens with zero attached hydrogens (tertiary/aromatic N) is 1. The summed E-state index contributed by atoms with van der Waals surface area (Å²) >= 11 is 0. The van der Waals surface area contributed by atoms with Crippen LogP contribution in [-0.2, 0) is 6.42 Å². The van der Waals surface area contributed by atoms with E-state index in [4.69, 9.17) is 0 Å². The SMILES string of the molecule is O=C(Nc1ccc(NCCc2ccc(F)cc2)cn1)c1ccc(F)cc1. The molecule has 26 heavy (non-hydrogen) atoms. The second kappa shape index (κ2) is 8.20. The van der Waals surface area contributed by atoms with E-state index in [-0.39, 0.29) is 11.7 Å². The molecule has 2 aromatic carbocycles. The maximum Gasteiger partial charge on any atom is 0.256 e. The molecule has 6 heteroatoms. The fourth-order valence-electron chi connectivity index (χ4n) is 2.36. The van der Waals surface area contributed by atoms with E-state index in [1.165, 1.54) is 36.4 Å². The smallest absolute Gasteiger partial charge is 0.256 e. The largest absolute Gasteiger partial charge is 0.383 e. The number of benzene rings is 2. The minimum absolute atomic E-state index is 0.246. The lowest BCUT2D eigenvalue weighted by molar-refractivity contribution is 0.102. The minimum Gasteiger partial charge on any atom is -0.383 e. The van der Waals surface area contributed by atoms with Crippen LogP contribution >= 0.6 is 0 Å². The van der Waals surface area contributed by atoms with E-state index in [0.29, 0.717) is 17.9 Å². The van der Waals surface area contributed by atoms with Gasteiger partial charge in [0.2, 0.25) is 0 Å². The molecule has 1 amide bonds. The quantitative estimate of drug-likeness (QED) is 0.696. The monoisotopic (exact) mass is 353 g/mol. The van der Waals surface area contributed by atoms with E-state index in [1.807, 2.05) is 0 Å². The van der Waals surface area contributed by atoms with Crippen LogP contribution in [0.1, 0.15) is 15.9 Å². The Morgan fingerprint density at radius 1 is 0.885 bits per heavy atom. The summed E-state index contributed by atoms with van der Waals surface area (Å²) in [6.45, 7) is 0.675. The normalized spacial score (nSPS) is 10.4. The van der Waals surface area contributed by atoms with Crippen molar-refractivity contribution in [2.45, 2.75) is 6.42 Å². The third-order valence-electron chi connectivity index (χ3n) is 3.77. The van der Waals surface area contributed by atoms with Crippen LogP contribution in [0.25, 0.3) is 0 Å². The van der Waals surface area contributed by atoms with Crippen LogP contribution in [0.2, 0.25) is 0 Å². The van der Waals surface area contributed by atoms with Gasteiger partial charge in [-0.15, -0.1) is 0 Å². The summed E-state index contributed by atoms with van der Waals surface area (Å²) in [4.78, 5) is 16.2.